The van der Waals surface area contributed by atoms with Gasteiger partial charge in [0.15, 0.2) is 0 Å². The fourth-order valence-corrected chi connectivity index (χ4v) is 1.79. The zero-order valence-electron chi connectivity index (χ0n) is 9.07. The van der Waals surface area contributed by atoms with E-state index in [1.165, 1.54) is 12.0 Å². The van der Waals surface area contributed by atoms with Gasteiger partial charge in [0, 0.05) is 19.1 Å². The maximum Gasteiger partial charge on any atom is 0.0991 e. The minimum absolute atomic E-state index is 0. The van der Waals surface area contributed by atoms with Gasteiger partial charge < -0.3 is 10.6 Å². The van der Waals surface area contributed by atoms with Crippen molar-refractivity contribution in [3.63, 3.8) is 0 Å². The molecule has 1 aliphatic rings. The van der Waals surface area contributed by atoms with E-state index in [0.717, 1.165) is 25.2 Å². The summed E-state index contributed by atoms with van der Waals surface area (Å²) in [6.07, 6.45) is 1.20. The molecular formula is C12H16ClN3. The van der Waals surface area contributed by atoms with Crippen LogP contribution in [0, 0.1) is 11.3 Å². The van der Waals surface area contributed by atoms with Crippen LogP contribution < -0.4 is 10.6 Å². The Labute approximate surface area is 102 Å². The molecule has 0 radical (unpaired) electrons. The number of benzene rings is 1. The van der Waals surface area contributed by atoms with Gasteiger partial charge in [-0.3, -0.25) is 0 Å². The topological polar surface area (TPSA) is 47.9 Å². The molecule has 1 saturated heterocycles. The number of nitrogens with zero attached hydrogens (tertiary/aromatic N) is 1. The number of hydrogen-bond donors (Lipinski definition) is 2. The molecule has 1 atom stereocenters. The number of rotatable bonds is 3. The van der Waals surface area contributed by atoms with Crippen LogP contribution in [0.5, 0.6) is 0 Å². The van der Waals surface area contributed by atoms with Gasteiger partial charge in [0.25, 0.3) is 0 Å². The summed E-state index contributed by atoms with van der Waals surface area (Å²) in [7, 11) is 0. The zero-order chi connectivity index (χ0) is 10.5. The highest BCUT2D eigenvalue weighted by Gasteiger charge is 2.12. The highest BCUT2D eigenvalue weighted by Crippen LogP contribution is 2.04. The molecule has 2 rings (SSSR count). The smallest absolute Gasteiger partial charge is 0.0991 e. The lowest BCUT2D eigenvalue weighted by atomic mass is 10.1. The van der Waals surface area contributed by atoms with Gasteiger partial charge >= 0.3 is 0 Å². The second-order valence-corrected chi connectivity index (χ2v) is 3.88. The Morgan fingerprint density at radius 3 is 2.69 bits per heavy atom. The Balaban J connectivity index is 0.00000128. The Morgan fingerprint density at radius 2 is 2.12 bits per heavy atom. The first-order chi connectivity index (χ1) is 7.38. The molecule has 0 bridgehead atoms. The van der Waals surface area contributed by atoms with E-state index in [1.807, 2.05) is 24.3 Å². The Hall–Kier alpha value is -1.08. The monoisotopic (exact) mass is 237 g/mol. The largest absolute Gasteiger partial charge is 0.315 e. The molecule has 0 aliphatic carbocycles. The third kappa shape index (κ3) is 3.49. The molecule has 1 aromatic rings. The van der Waals surface area contributed by atoms with E-state index in [9.17, 15) is 0 Å². The quantitative estimate of drug-likeness (QED) is 0.836. The Bertz CT molecular complexity index is 350. The van der Waals surface area contributed by atoms with Crippen LogP contribution in [0.4, 0.5) is 0 Å². The predicted molar refractivity (Wildman–Crippen MR) is 66.5 cm³/mol. The molecule has 1 aliphatic heterocycles. The van der Waals surface area contributed by atoms with Crippen LogP contribution in [-0.4, -0.2) is 19.1 Å². The van der Waals surface area contributed by atoms with Crippen molar-refractivity contribution in [3.8, 4) is 6.07 Å². The number of nitrogens with one attached hydrogen (secondary N) is 2. The van der Waals surface area contributed by atoms with Gasteiger partial charge in [0.2, 0.25) is 0 Å². The summed E-state index contributed by atoms with van der Waals surface area (Å²) < 4.78 is 0. The van der Waals surface area contributed by atoms with E-state index in [4.69, 9.17) is 5.26 Å². The van der Waals surface area contributed by atoms with Crippen molar-refractivity contribution in [1.29, 1.82) is 5.26 Å². The molecule has 1 heterocycles. The molecule has 4 heteroatoms. The van der Waals surface area contributed by atoms with E-state index >= 15 is 0 Å². The number of halogens is 1. The Kier molecular flexibility index (Phi) is 5.27. The molecule has 2 N–H and O–H groups in total. The van der Waals surface area contributed by atoms with Gasteiger partial charge in [0.05, 0.1) is 11.6 Å². The van der Waals surface area contributed by atoms with Crippen LogP contribution in [0.15, 0.2) is 24.3 Å². The van der Waals surface area contributed by atoms with Gasteiger partial charge in [-0.15, -0.1) is 12.4 Å². The minimum Gasteiger partial charge on any atom is -0.315 e. The van der Waals surface area contributed by atoms with E-state index in [2.05, 4.69) is 16.7 Å². The van der Waals surface area contributed by atoms with Crippen LogP contribution in [0.1, 0.15) is 17.5 Å². The molecule has 86 valence electrons. The van der Waals surface area contributed by atoms with E-state index in [1.54, 1.807) is 0 Å². The first-order valence-electron chi connectivity index (χ1n) is 5.31. The summed E-state index contributed by atoms with van der Waals surface area (Å²) >= 11 is 0. The second kappa shape index (κ2) is 6.49. The lowest BCUT2D eigenvalue weighted by Crippen LogP contribution is -2.30. The number of hydrogen-bond acceptors (Lipinski definition) is 3. The average molecular weight is 238 g/mol. The third-order valence-electron chi connectivity index (χ3n) is 2.74. The molecule has 0 spiro atoms. The maximum atomic E-state index is 8.66. The third-order valence-corrected chi connectivity index (χ3v) is 2.74. The van der Waals surface area contributed by atoms with Gasteiger partial charge in [0.1, 0.15) is 0 Å². The first kappa shape index (κ1) is 13.0. The van der Waals surface area contributed by atoms with Gasteiger partial charge in [-0.2, -0.15) is 5.26 Å². The van der Waals surface area contributed by atoms with Gasteiger partial charge in [-0.25, -0.2) is 0 Å². The molecule has 0 aromatic heterocycles. The SMILES string of the molecule is Cl.N#Cc1ccc(CN[C@H]2CCNC2)cc1. The molecule has 1 fully saturated rings. The summed E-state index contributed by atoms with van der Waals surface area (Å²) in [5.74, 6) is 0. The van der Waals surface area contributed by atoms with Crippen LogP contribution in [-0.2, 0) is 6.54 Å². The van der Waals surface area contributed by atoms with E-state index in [-0.39, 0.29) is 12.4 Å². The highest BCUT2D eigenvalue weighted by atomic mass is 35.5. The van der Waals surface area contributed by atoms with Crippen molar-refractivity contribution in [1.82, 2.24) is 10.6 Å². The van der Waals surface area contributed by atoms with Crippen molar-refractivity contribution < 1.29 is 0 Å². The zero-order valence-corrected chi connectivity index (χ0v) is 9.89. The lowest BCUT2D eigenvalue weighted by Gasteiger charge is -2.10. The molecule has 3 nitrogen and oxygen atoms in total. The van der Waals surface area contributed by atoms with Crippen LogP contribution >= 0.6 is 12.4 Å². The second-order valence-electron chi connectivity index (χ2n) is 3.88. The van der Waals surface area contributed by atoms with Crippen molar-refractivity contribution in [2.45, 2.75) is 19.0 Å². The van der Waals surface area contributed by atoms with E-state index < -0.39 is 0 Å². The molecule has 1 aromatic carbocycles. The van der Waals surface area contributed by atoms with Crippen molar-refractivity contribution >= 4 is 12.4 Å². The van der Waals surface area contributed by atoms with Crippen molar-refractivity contribution in [2.75, 3.05) is 13.1 Å². The summed E-state index contributed by atoms with van der Waals surface area (Å²) in [5, 5.41) is 15.5. The summed E-state index contributed by atoms with van der Waals surface area (Å²) in [6, 6.07) is 10.5. The highest BCUT2D eigenvalue weighted by molar-refractivity contribution is 5.85. The average Bonchev–Trinajstić information content (AvgIpc) is 2.80. The van der Waals surface area contributed by atoms with Crippen molar-refractivity contribution in [2.24, 2.45) is 0 Å². The normalized spacial score (nSPS) is 18.8. The molecule has 16 heavy (non-hydrogen) atoms. The van der Waals surface area contributed by atoms with Gasteiger partial charge in [-0.05, 0) is 30.7 Å². The summed E-state index contributed by atoms with van der Waals surface area (Å²) in [5.41, 5.74) is 1.96. The van der Waals surface area contributed by atoms with Crippen LogP contribution in [0.3, 0.4) is 0 Å². The van der Waals surface area contributed by atoms with Gasteiger partial charge in [-0.1, -0.05) is 12.1 Å². The van der Waals surface area contributed by atoms with Crippen molar-refractivity contribution in [3.05, 3.63) is 35.4 Å². The molecule has 0 unspecified atom stereocenters. The fourth-order valence-electron chi connectivity index (χ4n) is 1.79. The molecule has 0 saturated carbocycles. The lowest BCUT2D eigenvalue weighted by molar-refractivity contribution is 0.547. The fraction of sp³-hybridized carbons (Fsp3) is 0.417. The summed E-state index contributed by atoms with van der Waals surface area (Å²) in [6.45, 7) is 3.07. The van der Waals surface area contributed by atoms with E-state index in [0.29, 0.717) is 6.04 Å². The standard InChI is InChI=1S/C12H15N3.ClH/c13-7-10-1-3-11(4-2-10)8-15-12-5-6-14-9-12;/h1-4,12,14-15H,5-6,8-9H2;1H/t12-;/m0./s1. The predicted octanol–water partition coefficient (Wildman–Crippen LogP) is 1.43. The van der Waals surface area contributed by atoms with Crippen LogP contribution in [0.25, 0.3) is 0 Å². The molecular weight excluding hydrogens is 222 g/mol. The molecule has 0 amide bonds. The maximum absolute atomic E-state index is 8.66. The summed E-state index contributed by atoms with van der Waals surface area (Å²) in [4.78, 5) is 0. The first-order valence-corrected chi connectivity index (χ1v) is 5.31. The van der Waals surface area contributed by atoms with Crippen LogP contribution in [0.2, 0.25) is 0 Å². The minimum atomic E-state index is 0. The Morgan fingerprint density at radius 1 is 1.38 bits per heavy atom. The number of nitriles is 1.